The van der Waals surface area contributed by atoms with Gasteiger partial charge in [0.05, 0.1) is 0 Å². The zero-order valence-corrected chi connectivity index (χ0v) is 7.42. The molecule has 0 heterocycles. The van der Waals surface area contributed by atoms with Gasteiger partial charge in [-0.2, -0.15) is 0 Å². The number of rotatable bonds is 3. The number of nitrogens with zero attached hydrogens (tertiary/aromatic N) is 3. The van der Waals surface area contributed by atoms with E-state index in [1.54, 1.807) is 0 Å². The molecule has 0 amide bonds. The lowest BCUT2D eigenvalue weighted by Gasteiger charge is -2.27. The SMILES string of the molecule is [N-]=[N+]=NCCC1CCC(F)(F)CC1. The third-order valence-corrected chi connectivity index (χ3v) is 2.54. The van der Waals surface area contributed by atoms with Gasteiger partial charge in [0, 0.05) is 24.3 Å². The van der Waals surface area contributed by atoms with E-state index in [-0.39, 0.29) is 12.8 Å². The summed E-state index contributed by atoms with van der Waals surface area (Å²) >= 11 is 0. The normalized spacial score (nSPS) is 22.3. The third kappa shape index (κ3) is 3.59. The van der Waals surface area contributed by atoms with Crippen LogP contribution in [0.25, 0.3) is 10.4 Å². The summed E-state index contributed by atoms with van der Waals surface area (Å²) in [6.45, 7) is 0.437. The molecule has 1 rings (SSSR count). The molecule has 0 aromatic heterocycles. The highest BCUT2D eigenvalue weighted by atomic mass is 19.3. The van der Waals surface area contributed by atoms with Crippen molar-refractivity contribution in [3.05, 3.63) is 10.4 Å². The van der Waals surface area contributed by atoms with E-state index in [1.807, 2.05) is 0 Å². The maximum atomic E-state index is 12.7. The smallest absolute Gasteiger partial charge is 0.207 e. The molecule has 1 saturated carbocycles. The van der Waals surface area contributed by atoms with Crippen LogP contribution in [0.2, 0.25) is 0 Å². The predicted molar refractivity (Wildman–Crippen MR) is 45.5 cm³/mol. The first kappa shape index (κ1) is 10.3. The molecule has 0 unspecified atom stereocenters. The van der Waals surface area contributed by atoms with Crippen LogP contribution in [0.15, 0.2) is 5.11 Å². The van der Waals surface area contributed by atoms with E-state index in [2.05, 4.69) is 10.0 Å². The molecule has 0 radical (unpaired) electrons. The summed E-state index contributed by atoms with van der Waals surface area (Å²) in [4.78, 5) is 2.63. The minimum Gasteiger partial charge on any atom is -0.207 e. The Balaban J connectivity index is 2.21. The molecule has 0 aliphatic heterocycles. The Hall–Kier alpha value is -0.830. The fourth-order valence-corrected chi connectivity index (χ4v) is 1.67. The lowest BCUT2D eigenvalue weighted by Crippen LogP contribution is -2.24. The lowest BCUT2D eigenvalue weighted by molar-refractivity contribution is -0.0462. The van der Waals surface area contributed by atoms with E-state index in [1.165, 1.54) is 0 Å². The van der Waals surface area contributed by atoms with Crippen LogP contribution in [0.4, 0.5) is 8.78 Å². The fraction of sp³-hybridized carbons (Fsp3) is 1.00. The van der Waals surface area contributed by atoms with Crippen molar-refractivity contribution in [2.45, 2.75) is 38.0 Å². The summed E-state index contributed by atoms with van der Waals surface area (Å²) in [5.74, 6) is -2.13. The molecule has 1 fully saturated rings. The van der Waals surface area contributed by atoms with Gasteiger partial charge in [-0.25, -0.2) is 8.78 Å². The van der Waals surface area contributed by atoms with Gasteiger partial charge in [0.15, 0.2) is 0 Å². The van der Waals surface area contributed by atoms with E-state index < -0.39 is 5.92 Å². The largest absolute Gasteiger partial charge is 0.248 e. The Kier molecular flexibility index (Phi) is 3.48. The second-order valence-electron chi connectivity index (χ2n) is 3.54. The number of halogens is 2. The minimum atomic E-state index is -2.45. The Morgan fingerprint density at radius 1 is 1.38 bits per heavy atom. The average Bonchev–Trinajstić information content (AvgIpc) is 2.08. The average molecular weight is 189 g/mol. The Bertz CT molecular complexity index is 201. The van der Waals surface area contributed by atoms with Gasteiger partial charge in [0.25, 0.3) is 0 Å². The van der Waals surface area contributed by atoms with Gasteiger partial charge in [0.1, 0.15) is 0 Å². The zero-order chi connectivity index (χ0) is 9.73. The summed E-state index contributed by atoms with van der Waals surface area (Å²) < 4.78 is 25.4. The molecule has 0 N–H and O–H groups in total. The van der Waals surface area contributed by atoms with E-state index in [0.717, 1.165) is 6.42 Å². The van der Waals surface area contributed by atoms with Crippen LogP contribution >= 0.6 is 0 Å². The van der Waals surface area contributed by atoms with Gasteiger partial charge in [0.2, 0.25) is 5.92 Å². The Labute approximate surface area is 75.8 Å². The van der Waals surface area contributed by atoms with E-state index in [0.29, 0.717) is 25.3 Å². The second kappa shape index (κ2) is 4.42. The van der Waals surface area contributed by atoms with Crippen molar-refractivity contribution >= 4 is 0 Å². The van der Waals surface area contributed by atoms with Crippen molar-refractivity contribution in [3.63, 3.8) is 0 Å². The van der Waals surface area contributed by atoms with Crippen molar-refractivity contribution in [2.24, 2.45) is 11.0 Å². The van der Waals surface area contributed by atoms with Gasteiger partial charge in [-0.15, -0.1) is 0 Å². The molecule has 0 spiro atoms. The predicted octanol–water partition coefficient (Wildman–Crippen LogP) is 3.51. The summed E-state index contributed by atoms with van der Waals surface area (Å²) in [7, 11) is 0. The van der Waals surface area contributed by atoms with Crippen LogP contribution in [-0.4, -0.2) is 12.5 Å². The quantitative estimate of drug-likeness (QED) is 0.370. The second-order valence-corrected chi connectivity index (χ2v) is 3.54. The standard InChI is InChI=1S/C8H13F2N3/c9-8(10)4-1-7(2-5-8)3-6-12-13-11/h7H,1-6H2. The Morgan fingerprint density at radius 3 is 2.54 bits per heavy atom. The van der Waals surface area contributed by atoms with E-state index >= 15 is 0 Å². The number of azide groups is 1. The lowest BCUT2D eigenvalue weighted by atomic mass is 9.85. The summed E-state index contributed by atoms with van der Waals surface area (Å²) in [5.41, 5.74) is 8.02. The zero-order valence-electron chi connectivity index (χ0n) is 7.42. The summed E-state index contributed by atoms with van der Waals surface area (Å²) in [6, 6.07) is 0. The maximum absolute atomic E-state index is 12.7. The number of hydrogen-bond acceptors (Lipinski definition) is 1. The molecule has 0 aromatic rings. The van der Waals surface area contributed by atoms with Crippen LogP contribution in [0.1, 0.15) is 32.1 Å². The molecular weight excluding hydrogens is 176 g/mol. The monoisotopic (exact) mass is 189 g/mol. The van der Waals surface area contributed by atoms with Gasteiger partial charge in [-0.05, 0) is 30.7 Å². The van der Waals surface area contributed by atoms with Crippen molar-refractivity contribution in [3.8, 4) is 0 Å². The fourth-order valence-electron chi connectivity index (χ4n) is 1.67. The van der Waals surface area contributed by atoms with Crippen molar-refractivity contribution in [2.75, 3.05) is 6.54 Å². The molecule has 0 atom stereocenters. The highest BCUT2D eigenvalue weighted by molar-refractivity contribution is 4.77. The third-order valence-electron chi connectivity index (χ3n) is 2.54. The van der Waals surface area contributed by atoms with Crippen LogP contribution in [0, 0.1) is 5.92 Å². The van der Waals surface area contributed by atoms with Gasteiger partial charge in [-0.3, -0.25) is 0 Å². The van der Waals surface area contributed by atoms with Crippen LogP contribution in [0.3, 0.4) is 0 Å². The first-order valence-corrected chi connectivity index (χ1v) is 4.53. The molecule has 13 heavy (non-hydrogen) atoms. The van der Waals surface area contributed by atoms with Crippen molar-refractivity contribution in [1.29, 1.82) is 0 Å². The van der Waals surface area contributed by atoms with Crippen LogP contribution < -0.4 is 0 Å². The molecule has 1 aliphatic carbocycles. The van der Waals surface area contributed by atoms with Gasteiger partial charge >= 0.3 is 0 Å². The van der Waals surface area contributed by atoms with Crippen LogP contribution in [0.5, 0.6) is 0 Å². The molecular formula is C8H13F2N3. The summed E-state index contributed by atoms with van der Waals surface area (Å²) in [5, 5.41) is 3.40. The number of hydrogen-bond donors (Lipinski definition) is 0. The first-order valence-electron chi connectivity index (χ1n) is 4.53. The highest BCUT2D eigenvalue weighted by Gasteiger charge is 2.34. The molecule has 5 heteroatoms. The van der Waals surface area contributed by atoms with Crippen molar-refractivity contribution < 1.29 is 8.78 Å². The molecule has 0 aromatic carbocycles. The number of alkyl halides is 2. The van der Waals surface area contributed by atoms with Crippen molar-refractivity contribution in [1.82, 2.24) is 0 Å². The van der Waals surface area contributed by atoms with E-state index in [4.69, 9.17) is 5.53 Å². The van der Waals surface area contributed by atoms with E-state index in [9.17, 15) is 8.78 Å². The molecule has 1 aliphatic rings. The molecule has 0 bridgehead atoms. The topological polar surface area (TPSA) is 48.8 Å². The van der Waals surface area contributed by atoms with Crippen LogP contribution in [-0.2, 0) is 0 Å². The minimum absolute atomic E-state index is 0.00602. The molecule has 3 nitrogen and oxygen atoms in total. The maximum Gasteiger partial charge on any atom is 0.248 e. The highest BCUT2D eigenvalue weighted by Crippen LogP contribution is 2.37. The van der Waals surface area contributed by atoms with Gasteiger partial charge < -0.3 is 0 Å². The summed E-state index contributed by atoms with van der Waals surface area (Å²) in [6.07, 6.45) is 1.86. The van der Waals surface area contributed by atoms with Gasteiger partial charge in [-0.1, -0.05) is 5.11 Å². The Morgan fingerprint density at radius 2 is 2.00 bits per heavy atom. The molecule has 74 valence electrons. The first-order chi connectivity index (χ1) is 6.14. The molecule has 0 saturated heterocycles.